The Labute approximate surface area is 155 Å². The molecule has 0 radical (unpaired) electrons. The average molecular weight is 370 g/mol. The van der Waals surface area contributed by atoms with Crippen LogP contribution in [0.5, 0.6) is 5.75 Å². The maximum Gasteiger partial charge on any atom is 0.311 e. The number of rotatable bonds is 4. The van der Waals surface area contributed by atoms with Crippen molar-refractivity contribution >= 4 is 22.6 Å². The summed E-state index contributed by atoms with van der Waals surface area (Å²) < 4.78 is 5.14. The molecule has 0 bridgehead atoms. The van der Waals surface area contributed by atoms with Crippen LogP contribution in [0, 0.1) is 10.1 Å². The molecule has 7 nitrogen and oxygen atoms in total. The first-order chi connectivity index (χ1) is 12.6. The monoisotopic (exact) mass is 370 g/mol. The van der Waals surface area contributed by atoms with Gasteiger partial charge in [0.2, 0.25) is 0 Å². The number of aromatic nitrogens is 1. The van der Waals surface area contributed by atoms with Crippen molar-refractivity contribution in [1.82, 2.24) is 9.88 Å². The smallest absolute Gasteiger partial charge is 0.311 e. The molecule has 2 aliphatic rings. The van der Waals surface area contributed by atoms with Crippen molar-refractivity contribution < 1.29 is 9.66 Å². The number of hydrogen-bond donors (Lipinski definition) is 0. The molecule has 1 aromatic carbocycles. The van der Waals surface area contributed by atoms with Crippen molar-refractivity contribution in [2.24, 2.45) is 4.99 Å². The molecule has 0 unspecified atom stereocenters. The van der Waals surface area contributed by atoms with E-state index >= 15 is 0 Å². The molecule has 1 saturated heterocycles. The molecule has 1 fully saturated rings. The van der Waals surface area contributed by atoms with Gasteiger partial charge in [-0.25, -0.2) is 0 Å². The van der Waals surface area contributed by atoms with E-state index in [2.05, 4.69) is 16.8 Å². The van der Waals surface area contributed by atoms with Gasteiger partial charge in [0.25, 0.3) is 0 Å². The molecule has 0 amide bonds. The lowest BCUT2D eigenvalue weighted by atomic mass is 9.96. The first-order valence-electron chi connectivity index (χ1n) is 8.33. The molecule has 0 aliphatic carbocycles. The number of amidine groups is 1. The molecule has 8 heteroatoms. The van der Waals surface area contributed by atoms with Crippen molar-refractivity contribution in [1.29, 1.82) is 0 Å². The number of nitrogens with zero attached hydrogens (tertiary/aromatic N) is 4. The fraction of sp³-hybridized carbons (Fsp3) is 0.333. The van der Waals surface area contributed by atoms with Crippen molar-refractivity contribution in [3.63, 3.8) is 0 Å². The van der Waals surface area contributed by atoms with Crippen LogP contribution in [-0.4, -0.2) is 38.9 Å². The summed E-state index contributed by atoms with van der Waals surface area (Å²) in [6.07, 6.45) is 1.75. The third kappa shape index (κ3) is 2.80. The van der Waals surface area contributed by atoms with Crippen LogP contribution < -0.4 is 4.74 Å². The zero-order valence-electron chi connectivity index (χ0n) is 14.4. The van der Waals surface area contributed by atoms with E-state index in [0.717, 1.165) is 23.0 Å². The Kier molecular flexibility index (Phi) is 4.28. The third-order valence-corrected chi connectivity index (χ3v) is 5.72. The first kappa shape index (κ1) is 16.8. The summed E-state index contributed by atoms with van der Waals surface area (Å²) >= 11 is 1.74. The molecular formula is C18H18N4O3S. The van der Waals surface area contributed by atoms with E-state index in [-0.39, 0.29) is 23.5 Å². The van der Waals surface area contributed by atoms with Gasteiger partial charge in [0.15, 0.2) is 10.9 Å². The lowest BCUT2D eigenvalue weighted by molar-refractivity contribution is -0.385. The number of fused-ring (bicyclic) bond motifs is 1. The highest BCUT2D eigenvalue weighted by atomic mass is 32.2. The minimum absolute atomic E-state index is 0.0295. The van der Waals surface area contributed by atoms with Crippen LogP contribution in [0.2, 0.25) is 0 Å². The molecule has 2 aromatic rings. The van der Waals surface area contributed by atoms with Crippen LogP contribution in [0.25, 0.3) is 0 Å². The summed E-state index contributed by atoms with van der Waals surface area (Å²) in [5.74, 6) is 0.261. The van der Waals surface area contributed by atoms with E-state index in [4.69, 9.17) is 9.73 Å². The van der Waals surface area contributed by atoms with Gasteiger partial charge in [-0.2, -0.15) is 0 Å². The second-order valence-electron chi connectivity index (χ2n) is 6.33. The minimum atomic E-state index is -0.407. The normalized spacial score (nSPS) is 24.3. The maximum absolute atomic E-state index is 11.4. The highest BCUT2D eigenvalue weighted by molar-refractivity contribution is 8.14. The molecule has 1 aromatic heterocycles. The predicted octanol–water partition coefficient (Wildman–Crippen LogP) is 3.59. The Morgan fingerprint density at radius 1 is 1.35 bits per heavy atom. The first-order valence-corrected chi connectivity index (χ1v) is 9.21. The lowest BCUT2D eigenvalue weighted by Crippen LogP contribution is -2.28. The number of hydrogen-bond acceptors (Lipinski definition) is 7. The van der Waals surface area contributed by atoms with Crippen LogP contribution in [-0.2, 0) is 0 Å². The Morgan fingerprint density at radius 2 is 2.19 bits per heavy atom. The molecule has 0 saturated carbocycles. The van der Waals surface area contributed by atoms with Gasteiger partial charge in [0.05, 0.1) is 23.8 Å². The molecule has 26 heavy (non-hydrogen) atoms. The fourth-order valence-electron chi connectivity index (χ4n) is 3.51. The van der Waals surface area contributed by atoms with Gasteiger partial charge < -0.3 is 9.64 Å². The summed E-state index contributed by atoms with van der Waals surface area (Å²) in [4.78, 5) is 22.6. The number of benzene rings is 1. The van der Waals surface area contributed by atoms with Crippen molar-refractivity contribution in [2.75, 3.05) is 13.7 Å². The summed E-state index contributed by atoms with van der Waals surface area (Å²) in [6, 6.07) is 10.6. The fourth-order valence-corrected chi connectivity index (χ4v) is 4.60. The van der Waals surface area contributed by atoms with Crippen molar-refractivity contribution in [3.05, 3.63) is 64.0 Å². The highest BCUT2D eigenvalue weighted by Crippen LogP contribution is 2.48. The van der Waals surface area contributed by atoms with Crippen LogP contribution in [0.3, 0.4) is 0 Å². The molecular weight excluding hydrogens is 352 g/mol. The highest BCUT2D eigenvalue weighted by Gasteiger charge is 2.44. The van der Waals surface area contributed by atoms with Crippen LogP contribution in [0.4, 0.5) is 5.69 Å². The Balaban J connectivity index is 1.80. The van der Waals surface area contributed by atoms with Crippen molar-refractivity contribution in [3.8, 4) is 5.75 Å². The number of thioether (sulfide) groups is 1. The minimum Gasteiger partial charge on any atom is -0.490 e. The summed E-state index contributed by atoms with van der Waals surface area (Å²) in [6.45, 7) is 3.02. The summed E-state index contributed by atoms with van der Waals surface area (Å²) in [7, 11) is 1.44. The molecule has 3 heterocycles. The van der Waals surface area contributed by atoms with E-state index in [1.165, 1.54) is 7.11 Å². The Hall–Kier alpha value is -2.61. The number of nitro benzene ring substituents is 1. The second kappa shape index (κ2) is 6.60. The van der Waals surface area contributed by atoms with E-state index in [9.17, 15) is 10.1 Å². The number of pyridine rings is 1. The van der Waals surface area contributed by atoms with Gasteiger partial charge in [0.1, 0.15) is 6.04 Å². The van der Waals surface area contributed by atoms with Crippen LogP contribution in [0.15, 0.2) is 47.6 Å². The van der Waals surface area contributed by atoms with Gasteiger partial charge in [-0.3, -0.25) is 20.1 Å². The van der Waals surface area contributed by atoms with E-state index in [1.807, 2.05) is 24.3 Å². The van der Waals surface area contributed by atoms with E-state index < -0.39 is 4.92 Å². The van der Waals surface area contributed by atoms with Gasteiger partial charge in [-0.1, -0.05) is 30.8 Å². The van der Waals surface area contributed by atoms with E-state index in [1.54, 1.807) is 30.1 Å². The molecule has 0 spiro atoms. The Bertz CT molecular complexity index is 874. The number of ether oxygens (including phenoxy) is 1. The molecule has 134 valence electrons. The molecule has 2 aliphatic heterocycles. The van der Waals surface area contributed by atoms with Gasteiger partial charge in [0, 0.05) is 24.1 Å². The zero-order valence-corrected chi connectivity index (χ0v) is 15.2. The quantitative estimate of drug-likeness (QED) is 0.604. The molecule has 0 N–H and O–H groups in total. The summed E-state index contributed by atoms with van der Waals surface area (Å²) in [5.41, 5.74) is 1.69. The predicted molar refractivity (Wildman–Crippen MR) is 101 cm³/mol. The maximum atomic E-state index is 11.4. The van der Waals surface area contributed by atoms with Crippen LogP contribution >= 0.6 is 11.8 Å². The topological polar surface area (TPSA) is 80.9 Å². The lowest BCUT2D eigenvalue weighted by Gasteiger charge is -2.27. The van der Waals surface area contributed by atoms with Gasteiger partial charge in [-0.15, -0.1) is 0 Å². The zero-order chi connectivity index (χ0) is 18.3. The summed E-state index contributed by atoms with van der Waals surface area (Å²) in [5, 5.41) is 12.9. The van der Waals surface area contributed by atoms with Crippen LogP contribution in [0.1, 0.15) is 30.3 Å². The second-order valence-corrected chi connectivity index (χ2v) is 7.73. The average Bonchev–Trinajstić information content (AvgIpc) is 3.17. The van der Waals surface area contributed by atoms with Crippen molar-refractivity contribution in [2.45, 2.75) is 24.3 Å². The number of aliphatic imine (C=N–C) groups is 1. The number of nitro groups is 1. The standard InChI is InChI=1S/C18H18N4O3S/c1-11-10-21-17(12-6-7-15(25-2)14(9-12)22(23)24)16(20-18(21)26-11)13-5-3-4-8-19-13/h3-9,11,16-17H,10H2,1-2H3/t11-,16-,17-/m1/s1. The van der Waals surface area contributed by atoms with E-state index in [0.29, 0.717) is 5.25 Å². The van der Waals surface area contributed by atoms with Gasteiger partial charge >= 0.3 is 5.69 Å². The number of methoxy groups -OCH3 is 1. The third-order valence-electron chi connectivity index (χ3n) is 4.62. The van der Waals surface area contributed by atoms with Gasteiger partial charge in [-0.05, 0) is 23.8 Å². The molecule has 4 rings (SSSR count). The SMILES string of the molecule is COc1ccc([C@@H]2[C@@H](c3ccccn3)N=C3S[C@H](C)CN32)cc1[N+](=O)[O-]. The Morgan fingerprint density at radius 3 is 2.88 bits per heavy atom. The largest absolute Gasteiger partial charge is 0.490 e. The molecule has 3 atom stereocenters.